The van der Waals surface area contributed by atoms with Crippen molar-refractivity contribution in [2.24, 2.45) is 5.41 Å². The highest BCUT2D eigenvalue weighted by atomic mass is 19.1. The largest absolute Gasteiger partial charge is 0.467 e. The summed E-state index contributed by atoms with van der Waals surface area (Å²) >= 11 is 0. The molecule has 2 aliphatic rings. The minimum absolute atomic E-state index is 0.102. The molecule has 0 N–H and O–H groups in total. The van der Waals surface area contributed by atoms with Gasteiger partial charge in [-0.1, -0.05) is 20.8 Å². The van der Waals surface area contributed by atoms with Gasteiger partial charge in [0.05, 0.1) is 19.3 Å². The Hall–Kier alpha value is -1.17. The Morgan fingerprint density at radius 2 is 2.14 bits per heavy atom. The van der Waals surface area contributed by atoms with Gasteiger partial charge in [0, 0.05) is 30.8 Å². The maximum atomic E-state index is 13.8. The summed E-state index contributed by atoms with van der Waals surface area (Å²) in [4.78, 5) is 2.31. The predicted molar refractivity (Wildman–Crippen MR) is 81.2 cm³/mol. The number of ether oxygens (including phenoxy) is 3. The number of hydrogen-bond acceptors (Lipinski definition) is 4. The second-order valence-electron chi connectivity index (χ2n) is 7.12. The molecule has 0 amide bonds. The van der Waals surface area contributed by atoms with Crippen molar-refractivity contribution in [2.45, 2.75) is 40.0 Å². The number of nitrogens with zero attached hydrogens (tertiary/aromatic N) is 1. The molecule has 1 aromatic carbocycles. The summed E-state index contributed by atoms with van der Waals surface area (Å²) in [6, 6.07) is 3.07. The highest BCUT2D eigenvalue weighted by Crippen LogP contribution is 2.32. The van der Waals surface area contributed by atoms with Crippen LogP contribution in [0.15, 0.2) is 12.1 Å². The van der Waals surface area contributed by atoms with Crippen molar-refractivity contribution < 1.29 is 18.6 Å². The van der Waals surface area contributed by atoms with Crippen molar-refractivity contribution in [3.63, 3.8) is 0 Å². The standard InChI is InChI=1S/C17H24FNO3/c1-17(2,3)15-9-19(4-5-21-15)8-12-6-14(18)7-13-10-20-11-22-16(12)13/h6-7,15H,4-5,8-11H2,1-3H3/t15-/m0/s1. The van der Waals surface area contributed by atoms with Gasteiger partial charge in [0.2, 0.25) is 0 Å². The van der Waals surface area contributed by atoms with Crippen molar-refractivity contribution in [3.8, 4) is 5.75 Å². The average molecular weight is 309 g/mol. The van der Waals surface area contributed by atoms with Gasteiger partial charge < -0.3 is 14.2 Å². The molecule has 0 unspecified atom stereocenters. The number of fused-ring (bicyclic) bond motifs is 1. The molecule has 2 aliphatic heterocycles. The van der Waals surface area contributed by atoms with E-state index in [1.807, 2.05) is 0 Å². The second kappa shape index (κ2) is 6.14. The molecule has 0 bridgehead atoms. The fourth-order valence-electron chi connectivity index (χ4n) is 2.99. The van der Waals surface area contributed by atoms with Crippen LogP contribution >= 0.6 is 0 Å². The summed E-state index contributed by atoms with van der Waals surface area (Å²) in [6.45, 7) is 10.3. The first-order valence-corrected chi connectivity index (χ1v) is 7.79. The van der Waals surface area contributed by atoms with Crippen LogP contribution in [0.1, 0.15) is 31.9 Å². The summed E-state index contributed by atoms with van der Waals surface area (Å²) in [7, 11) is 0. The van der Waals surface area contributed by atoms with Gasteiger partial charge in [-0.05, 0) is 17.5 Å². The molecule has 22 heavy (non-hydrogen) atoms. The summed E-state index contributed by atoms with van der Waals surface area (Å²) in [5, 5.41) is 0. The molecule has 0 aromatic heterocycles. The fraction of sp³-hybridized carbons (Fsp3) is 0.647. The van der Waals surface area contributed by atoms with Gasteiger partial charge in [0.15, 0.2) is 6.79 Å². The number of hydrogen-bond donors (Lipinski definition) is 0. The Bertz CT molecular complexity index is 541. The third-order valence-electron chi connectivity index (χ3n) is 4.26. The van der Waals surface area contributed by atoms with Crippen molar-refractivity contribution in [2.75, 3.05) is 26.5 Å². The molecule has 0 spiro atoms. The lowest BCUT2D eigenvalue weighted by molar-refractivity contribution is -0.0821. The molecule has 1 fully saturated rings. The first-order chi connectivity index (χ1) is 10.4. The zero-order valence-electron chi connectivity index (χ0n) is 13.5. The Kier molecular flexibility index (Phi) is 4.39. The van der Waals surface area contributed by atoms with E-state index >= 15 is 0 Å². The highest BCUT2D eigenvalue weighted by Gasteiger charge is 2.31. The zero-order valence-corrected chi connectivity index (χ0v) is 13.5. The van der Waals surface area contributed by atoms with Crippen molar-refractivity contribution in [1.82, 2.24) is 4.90 Å². The zero-order chi connectivity index (χ0) is 15.7. The molecule has 0 radical (unpaired) electrons. The maximum Gasteiger partial charge on any atom is 0.189 e. The highest BCUT2D eigenvalue weighted by molar-refractivity contribution is 5.42. The van der Waals surface area contributed by atoms with Gasteiger partial charge in [-0.2, -0.15) is 0 Å². The van der Waals surface area contributed by atoms with E-state index in [1.54, 1.807) is 6.07 Å². The minimum Gasteiger partial charge on any atom is -0.467 e. The maximum absolute atomic E-state index is 13.8. The average Bonchev–Trinajstić information content (AvgIpc) is 2.46. The van der Waals surface area contributed by atoms with Crippen LogP contribution < -0.4 is 4.74 Å². The number of rotatable bonds is 2. The third kappa shape index (κ3) is 3.42. The lowest BCUT2D eigenvalue weighted by atomic mass is 9.88. The molecule has 1 atom stereocenters. The van der Waals surface area contributed by atoms with Gasteiger partial charge in [-0.25, -0.2) is 4.39 Å². The summed E-state index contributed by atoms with van der Waals surface area (Å²) in [5.41, 5.74) is 1.79. The van der Waals surface area contributed by atoms with Crippen LogP contribution in [0.25, 0.3) is 0 Å². The molecule has 1 saturated heterocycles. The van der Waals surface area contributed by atoms with Crippen LogP contribution in [0.4, 0.5) is 4.39 Å². The van der Waals surface area contributed by atoms with Crippen molar-refractivity contribution >= 4 is 0 Å². The molecule has 3 rings (SSSR count). The van der Waals surface area contributed by atoms with Crippen LogP contribution in [0.3, 0.4) is 0 Å². The molecule has 4 nitrogen and oxygen atoms in total. The van der Waals surface area contributed by atoms with Gasteiger partial charge in [-0.3, -0.25) is 4.90 Å². The van der Waals surface area contributed by atoms with E-state index < -0.39 is 0 Å². The van der Waals surface area contributed by atoms with Crippen molar-refractivity contribution in [1.29, 1.82) is 0 Å². The Labute approximate surface area is 131 Å². The predicted octanol–water partition coefficient (Wildman–Crippen LogP) is 2.94. The molecular weight excluding hydrogens is 285 g/mol. The topological polar surface area (TPSA) is 30.9 Å². The Morgan fingerprint density at radius 1 is 1.32 bits per heavy atom. The third-order valence-corrected chi connectivity index (χ3v) is 4.26. The van der Waals surface area contributed by atoms with Gasteiger partial charge in [-0.15, -0.1) is 0 Å². The molecule has 5 heteroatoms. The van der Waals surface area contributed by atoms with Crippen LogP contribution in [0.5, 0.6) is 5.75 Å². The monoisotopic (exact) mass is 309 g/mol. The van der Waals surface area contributed by atoms with E-state index in [1.165, 1.54) is 6.07 Å². The van der Waals surface area contributed by atoms with Crippen molar-refractivity contribution in [3.05, 3.63) is 29.1 Å². The number of halogens is 1. The molecular formula is C17H24FNO3. The quantitative estimate of drug-likeness (QED) is 0.840. The van der Waals surface area contributed by atoms with E-state index in [2.05, 4.69) is 25.7 Å². The van der Waals surface area contributed by atoms with E-state index in [0.29, 0.717) is 19.8 Å². The minimum atomic E-state index is -0.233. The van der Waals surface area contributed by atoms with Crippen LogP contribution in [0, 0.1) is 11.2 Å². The first-order valence-electron chi connectivity index (χ1n) is 7.79. The lowest BCUT2D eigenvalue weighted by Crippen LogP contribution is -2.47. The second-order valence-corrected chi connectivity index (χ2v) is 7.12. The summed E-state index contributed by atoms with van der Waals surface area (Å²) in [6.07, 6.45) is 0.190. The lowest BCUT2D eigenvalue weighted by Gasteiger charge is -2.39. The van der Waals surface area contributed by atoms with E-state index in [-0.39, 0.29) is 24.1 Å². The summed E-state index contributed by atoms with van der Waals surface area (Å²) in [5.74, 6) is 0.551. The summed E-state index contributed by atoms with van der Waals surface area (Å²) < 4.78 is 30.5. The van der Waals surface area contributed by atoms with Crippen LogP contribution in [0.2, 0.25) is 0 Å². The SMILES string of the molecule is CC(C)(C)[C@@H]1CN(Cc2cc(F)cc3c2OCOC3)CCO1. The van der Waals surface area contributed by atoms with E-state index in [4.69, 9.17) is 14.2 Å². The molecule has 2 heterocycles. The molecule has 1 aromatic rings. The van der Waals surface area contributed by atoms with E-state index in [9.17, 15) is 4.39 Å². The first kappa shape index (κ1) is 15.7. The van der Waals surface area contributed by atoms with E-state index in [0.717, 1.165) is 30.0 Å². The molecule has 122 valence electrons. The normalized spacial score (nSPS) is 23.0. The molecule has 0 aliphatic carbocycles. The van der Waals surface area contributed by atoms with Gasteiger partial charge in [0.1, 0.15) is 11.6 Å². The van der Waals surface area contributed by atoms with Crippen LogP contribution in [-0.4, -0.2) is 37.5 Å². The van der Waals surface area contributed by atoms with Crippen LogP contribution in [-0.2, 0) is 22.6 Å². The smallest absolute Gasteiger partial charge is 0.189 e. The Balaban J connectivity index is 1.77. The number of morpholine rings is 1. The van der Waals surface area contributed by atoms with Gasteiger partial charge >= 0.3 is 0 Å². The fourth-order valence-corrected chi connectivity index (χ4v) is 2.99. The number of benzene rings is 1. The Morgan fingerprint density at radius 3 is 2.91 bits per heavy atom. The van der Waals surface area contributed by atoms with Gasteiger partial charge in [0.25, 0.3) is 0 Å². The molecule has 0 saturated carbocycles.